The summed E-state index contributed by atoms with van der Waals surface area (Å²) in [4.78, 5) is 12.8. The van der Waals surface area contributed by atoms with Crippen LogP contribution in [0.3, 0.4) is 0 Å². The van der Waals surface area contributed by atoms with E-state index < -0.39 is 5.66 Å². The van der Waals surface area contributed by atoms with E-state index in [1.807, 2.05) is 48.2 Å². The summed E-state index contributed by atoms with van der Waals surface area (Å²) in [5.41, 5.74) is 16.4. The van der Waals surface area contributed by atoms with Crippen LogP contribution in [0.2, 0.25) is 0 Å². The Morgan fingerprint density at radius 2 is 1.69 bits per heavy atom. The number of hydrogen-bond acceptors (Lipinski definition) is 8. The van der Waals surface area contributed by atoms with Crippen LogP contribution in [-0.4, -0.2) is 39.2 Å². The number of anilines is 1. The van der Waals surface area contributed by atoms with Gasteiger partial charge in [-0.25, -0.2) is 4.99 Å². The van der Waals surface area contributed by atoms with Crippen molar-refractivity contribution >= 4 is 28.6 Å². The van der Waals surface area contributed by atoms with Crippen LogP contribution in [-0.2, 0) is 0 Å². The standard InChI is InChI=1S/C23H28N8O/c1-3-32-17-9-7-16(8-10-17)31-28-18-13-15(2)20(14-19(18)29-31)30-22(25)26-21(24)27-23(30)11-5-4-6-12-23/h7-10,13-14H,3-6,11-12H2,1-2H3,(H4,24,25,26,27). The van der Waals surface area contributed by atoms with E-state index in [2.05, 4.69) is 17.0 Å². The third-order valence-corrected chi connectivity index (χ3v) is 6.17. The van der Waals surface area contributed by atoms with Gasteiger partial charge < -0.3 is 16.2 Å². The summed E-state index contributed by atoms with van der Waals surface area (Å²) in [5, 5.41) is 9.40. The largest absolute Gasteiger partial charge is 0.494 e. The molecule has 1 spiro atoms. The van der Waals surface area contributed by atoms with Gasteiger partial charge in [-0.3, -0.25) is 4.90 Å². The molecule has 0 bridgehead atoms. The fourth-order valence-corrected chi connectivity index (χ4v) is 4.73. The number of benzene rings is 2. The van der Waals surface area contributed by atoms with E-state index in [9.17, 15) is 0 Å². The smallest absolute Gasteiger partial charge is 0.220 e. The third kappa shape index (κ3) is 3.43. The Morgan fingerprint density at radius 3 is 2.38 bits per heavy atom. The zero-order valence-corrected chi connectivity index (χ0v) is 18.5. The molecule has 166 valence electrons. The van der Waals surface area contributed by atoms with E-state index >= 15 is 0 Å². The number of fused-ring (bicyclic) bond motifs is 1. The van der Waals surface area contributed by atoms with E-state index in [1.54, 1.807) is 4.80 Å². The summed E-state index contributed by atoms with van der Waals surface area (Å²) >= 11 is 0. The minimum atomic E-state index is -0.488. The molecule has 1 fully saturated rings. The summed E-state index contributed by atoms with van der Waals surface area (Å²) in [6.07, 6.45) is 5.13. The second kappa shape index (κ2) is 7.81. The number of nitrogens with two attached hydrogens (primary N) is 2. The van der Waals surface area contributed by atoms with Gasteiger partial charge in [0.15, 0.2) is 0 Å². The lowest BCUT2D eigenvalue weighted by molar-refractivity contribution is 0.305. The van der Waals surface area contributed by atoms with Crippen molar-refractivity contribution in [2.24, 2.45) is 21.5 Å². The fourth-order valence-electron chi connectivity index (χ4n) is 4.73. The normalized spacial score (nSPS) is 18.0. The van der Waals surface area contributed by atoms with Gasteiger partial charge in [0.25, 0.3) is 0 Å². The maximum Gasteiger partial charge on any atom is 0.220 e. The van der Waals surface area contributed by atoms with E-state index in [0.29, 0.717) is 12.6 Å². The third-order valence-electron chi connectivity index (χ3n) is 6.17. The molecule has 3 aromatic rings. The van der Waals surface area contributed by atoms with Crippen molar-refractivity contribution < 1.29 is 4.74 Å². The van der Waals surface area contributed by atoms with Gasteiger partial charge in [0.05, 0.1) is 18.0 Å². The molecule has 1 saturated carbocycles. The van der Waals surface area contributed by atoms with Gasteiger partial charge in [-0.2, -0.15) is 9.79 Å². The van der Waals surface area contributed by atoms with Crippen LogP contribution in [0.25, 0.3) is 16.7 Å². The van der Waals surface area contributed by atoms with E-state index in [1.165, 1.54) is 6.42 Å². The Bertz CT molecular complexity index is 1200. The maximum atomic E-state index is 6.42. The minimum absolute atomic E-state index is 0.251. The summed E-state index contributed by atoms with van der Waals surface area (Å²) in [5.74, 6) is 1.45. The Kier molecular flexibility index (Phi) is 4.96. The molecule has 5 rings (SSSR count). The Balaban J connectivity index is 1.56. The molecule has 32 heavy (non-hydrogen) atoms. The van der Waals surface area contributed by atoms with Crippen molar-refractivity contribution in [1.29, 1.82) is 0 Å². The lowest BCUT2D eigenvalue weighted by Gasteiger charge is -2.46. The molecule has 0 saturated heterocycles. The second-order valence-corrected chi connectivity index (χ2v) is 8.36. The van der Waals surface area contributed by atoms with Gasteiger partial charge in [-0.1, -0.05) is 6.42 Å². The van der Waals surface area contributed by atoms with Crippen LogP contribution in [0.4, 0.5) is 5.69 Å². The molecule has 1 aliphatic heterocycles. The molecular formula is C23H28N8O. The molecular weight excluding hydrogens is 404 g/mol. The monoisotopic (exact) mass is 432 g/mol. The number of aryl methyl sites for hydroxylation is 1. The highest BCUT2D eigenvalue weighted by Gasteiger charge is 2.43. The summed E-state index contributed by atoms with van der Waals surface area (Å²) in [6, 6.07) is 11.8. The van der Waals surface area contributed by atoms with E-state index in [-0.39, 0.29) is 5.96 Å². The van der Waals surface area contributed by atoms with Crippen molar-refractivity contribution in [3.63, 3.8) is 0 Å². The highest BCUT2D eigenvalue weighted by atomic mass is 16.5. The lowest BCUT2D eigenvalue weighted by atomic mass is 9.87. The first-order chi connectivity index (χ1) is 15.5. The average Bonchev–Trinajstić information content (AvgIpc) is 3.17. The van der Waals surface area contributed by atoms with Crippen molar-refractivity contribution in [3.8, 4) is 11.4 Å². The molecule has 2 aliphatic rings. The van der Waals surface area contributed by atoms with Gasteiger partial charge >= 0.3 is 0 Å². The van der Waals surface area contributed by atoms with Gasteiger partial charge in [0, 0.05) is 0 Å². The summed E-state index contributed by atoms with van der Waals surface area (Å²) in [6.45, 7) is 4.65. The summed E-state index contributed by atoms with van der Waals surface area (Å²) < 4.78 is 5.53. The zero-order valence-electron chi connectivity index (χ0n) is 18.5. The molecule has 0 unspecified atom stereocenters. The van der Waals surface area contributed by atoms with Crippen LogP contribution >= 0.6 is 0 Å². The number of aliphatic imine (C=N–C) groups is 2. The first kappa shape index (κ1) is 20.3. The van der Waals surface area contributed by atoms with E-state index in [0.717, 1.165) is 59.4 Å². The SMILES string of the molecule is CCOc1ccc(-n2nc3cc(C)c(N4C(N)=NC(N)=NC45CCCCC5)cc3n2)cc1. The highest BCUT2D eigenvalue weighted by Crippen LogP contribution is 2.41. The summed E-state index contributed by atoms with van der Waals surface area (Å²) in [7, 11) is 0. The molecule has 9 nitrogen and oxygen atoms in total. The Labute approximate surface area is 186 Å². The average molecular weight is 433 g/mol. The number of nitrogens with zero attached hydrogens (tertiary/aromatic N) is 6. The van der Waals surface area contributed by atoms with Gasteiger partial charge in [0.2, 0.25) is 11.9 Å². The predicted molar refractivity (Wildman–Crippen MR) is 126 cm³/mol. The topological polar surface area (TPSA) is 120 Å². The van der Waals surface area contributed by atoms with Crippen molar-refractivity contribution in [2.75, 3.05) is 11.5 Å². The Hall–Kier alpha value is -3.62. The number of guanidine groups is 2. The predicted octanol–water partition coefficient (Wildman–Crippen LogP) is 3.24. The maximum absolute atomic E-state index is 6.42. The van der Waals surface area contributed by atoms with Crippen molar-refractivity contribution in [3.05, 3.63) is 42.0 Å². The first-order valence-corrected chi connectivity index (χ1v) is 11.1. The highest BCUT2D eigenvalue weighted by molar-refractivity contribution is 6.06. The van der Waals surface area contributed by atoms with Crippen LogP contribution < -0.4 is 21.1 Å². The van der Waals surface area contributed by atoms with Crippen molar-refractivity contribution in [1.82, 2.24) is 15.0 Å². The number of aromatic nitrogens is 3. The lowest BCUT2D eigenvalue weighted by Crippen LogP contribution is -2.58. The zero-order chi connectivity index (χ0) is 22.3. The Morgan fingerprint density at radius 1 is 1.00 bits per heavy atom. The molecule has 2 heterocycles. The second-order valence-electron chi connectivity index (χ2n) is 8.36. The van der Waals surface area contributed by atoms with E-state index in [4.69, 9.17) is 26.3 Å². The molecule has 0 atom stereocenters. The molecule has 9 heteroatoms. The molecule has 0 radical (unpaired) electrons. The van der Waals surface area contributed by atoms with Crippen molar-refractivity contribution in [2.45, 2.75) is 51.6 Å². The van der Waals surface area contributed by atoms with Gasteiger partial charge in [-0.15, -0.1) is 10.2 Å². The minimum Gasteiger partial charge on any atom is -0.494 e. The van der Waals surface area contributed by atoms with Gasteiger partial charge in [-0.05, 0) is 81.5 Å². The number of ether oxygens (including phenoxy) is 1. The molecule has 0 amide bonds. The molecule has 1 aromatic heterocycles. The first-order valence-electron chi connectivity index (χ1n) is 11.1. The van der Waals surface area contributed by atoms with Gasteiger partial charge in [0.1, 0.15) is 22.4 Å². The quantitative estimate of drug-likeness (QED) is 0.653. The van der Waals surface area contributed by atoms with Crippen LogP contribution in [0.1, 0.15) is 44.6 Å². The number of rotatable bonds is 4. The fraction of sp³-hybridized carbons (Fsp3) is 0.391. The van der Waals surface area contributed by atoms with Crippen LogP contribution in [0.15, 0.2) is 46.4 Å². The molecule has 4 N–H and O–H groups in total. The van der Waals surface area contributed by atoms with Crippen LogP contribution in [0.5, 0.6) is 5.75 Å². The molecule has 2 aromatic carbocycles. The van der Waals surface area contributed by atoms with Crippen LogP contribution in [0, 0.1) is 6.92 Å². The number of hydrogen-bond donors (Lipinski definition) is 2. The molecule has 1 aliphatic carbocycles.